The number of aromatic amines is 1. The number of hydrogen-bond donors (Lipinski definition) is 1. The average Bonchev–Trinajstić information content (AvgIpc) is 3.05. The molecule has 3 aromatic heterocycles. The molecule has 0 atom stereocenters. The second kappa shape index (κ2) is 5.83. The van der Waals surface area contributed by atoms with E-state index in [-0.39, 0.29) is 0 Å². The van der Waals surface area contributed by atoms with Gasteiger partial charge in [0.2, 0.25) is 0 Å². The van der Waals surface area contributed by atoms with Gasteiger partial charge < -0.3 is 0 Å². The SMILES string of the molecule is Cc1ccc(C)c(-c2n[nH]cc2-c2ccc3ncc(Br)cc3n2)c1. The Bertz CT molecular complexity index is 1050. The van der Waals surface area contributed by atoms with Crippen molar-refractivity contribution in [2.75, 3.05) is 0 Å². The molecule has 0 aliphatic rings. The second-order valence-electron chi connectivity index (χ2n) is 5.85. The number of aromatic nitrogens is 4. The summed E-state index contributed by atoms with van der Waals surface area (Å²) in [5.74, 6) is 0. The van der Waals surface area contributed by atoms with Crippen molar-refractivity contribution in [3.63, 3.8) is 0 Å². The summed E-state index contributed by atoms with van der Waals surface area (Å²) in [5.41, 5.74) is 8.06. The lowest BCUT2D eigenvalue weighted by atomic mass is 9.99. The molecule has 0 fully saturated rings. The van der Waals surface area contributed by atoms with Crippen LogP contribution in [-0.4, -0.2) is 20.2 Å². The molecule has 0 saturated carbocycles. The van der Waals surface area contributed by atoms with Crippen LogP contribution in [0, 0.1) is 13.8 Å². The van der Waals surface area contributed by atoms with Crippen molar-refractivity contribution in [2.24, 2.45) is 0 Å². The third-order valence-electron chi connectivity index (χ3n) is 4.07. The molecular weight excluding hydrogens is 364 g/mol. The Labute approximate surface area is 148 Å². The van der Waals surface area contributed by atoms with Gasteiger partial charge in [0.15, 0.2) is 0 Å². The molecule has 0 saturated heterocycles. The molecule has 0 unspecified atom stereocenters. The first-order valence-corrected chi connectivity index (χ1v) is 8.45. The highest BCUT2D eigenvalue weighted by atomic mass is 79.9. The lowest BCUT2D eigenvalue weighted by Gasteiger charge is -2.08. The number of nitrogens with zero attached hydrogens (tertiary/aromatic N) is 3. The van der Waals surface area contributed by atoms with Crippen LogP contribution in [0.2, 0.25) is 0 Å². The Balaban J connectivity index is 1.89. The van der Waals surface area contributed by atoms with Crippen molar-refractivity contribution in [3.8, 4) is 22.5 Å². The fourth-order valence-electron chi connectivity index (χ4n) is 2.81. The van der Waals surface area contributed by atoms with E-state index in [0.29, 0.717) is 0 Å². The molecule has 0 aliphatic heterocycles. The Morgan fingerprint density at radius 2 is 1.83 bits per heavy atom. The predicted molar refractivity (Wildman–Crippen MR) is 99.7 cm³/mol. The standard InChI is InChI=1S/C19H15BrN4/c1-11-3-4-12(2)14(7-11)19-15(10-22-24-19)16-5-6-17-18(23-16)8-13(20)9-21-17/h3-10H,1-2H3,(H,22,24). The van der Waals surface area contributed by atoms with E-state index in [0.717, 1.165) is 38.0 Å². The number of pyridine rings is 2. The van der Waals surface area contributed by atoms with Gasteiger partial charge in [-0.15, -0.1) is 0 Å². The van der Waals surface area contributed by atoms with Crippen LogP contribution < -0.4 is 0 Å². The van der Waals surface area contributed by atoms with Gasteiger partial charge in [-0.25, -0.2) is 4.98 Å². The van der Waals surface area contributed by atoms with E-state index in [1.807, 2.05) is 24.4 Å². The molecule has 0 bridgehead atoms. The Hall–Kier alpha value is -2.53. The zero-order chi connectivity index (χ0) is 16.7. The molecule has 3 heterocycles. The molecule has 4 aromatic rings. The molecule has 0 aliphatic carbocycles. The summed E-state index contributed by atoms with van der Waals surface area (Å²) >= 11 is 3.45. The second-order valence-corrected chi connectivity index (χ2v) is 6.77. The van der Waals surface area contributed by atoms with E-state index in [2.05, 4.69) is 63.2 Å². The van der Waals surface area contributed by atoms with Gasteiger partial charge in [-0.1, -0.05) is 17.7 Å². The molecule has 4 rings (SSSR count). The van der Waals surface area contributed by atoms with Crippen LogP contribution in [0.1, 0.15) is 11.1 Å². The first kappa shape index (κ1) is 15.0. The van der Waals surface area contributed by atoms with Crippen molar-refractivity contribution in [2.45, 2.75) is 13.8 Å². The van der Waals surface area contributed by atoms with E-state index in [1.54, 1.807) is 6.20 Å². The van der Waals surface area contributed by atoms with Crippen molar-refractivity contribution >= 4 is 27.0 Å². The monoisotopic (exact) mass is 378 g/mol. The van der Waals surface area contributed by atoms with Gasteiger partial charge in [0.05, 0.1) is 16.7 Å². The van der Waals surface area contributed by atoms with E-state index >= 15 is 0 Å². The first-order valence-electron chi connectivity index (χ1n) is 7.66. The maximum absolute atomic E-state index is 4.76. The number of H-pyrrole nitrogens is 1. The van der Waals surface area contributed by atoms with Gasteiger partial charge in [-0.2, -0.15) is 5.10 Å². The van der Waals surface area contributed by atoms with Crippen LogP contribution in [0.15, 0.2) is 53.3 Å². The van der Waals surface area contributed by atoms with Gasteiger partial charge in [0, 0.05) is 28.0 Å². The predicted octanol–water partition coefficient (Wildman–Crippen LogP) is 5.07. The summed E-state index contributed by atoms with van der Waals surface area (Å²) in [6.07, 6.45) is 3.68. The van der Waals surface area contributed by atoms with Crippen LogP contribution in [0.3, 0.4) is 0 Å². The minimum atomic E-state index is 0.856. The fourth-order valence-corrected chi connectivity index (χ4v) is 3.13. The highest BCUT2D eigenvalue weighted by Crippen LogP contribution is 2.32. The summed E-state index contributed by atoms with van der Waals surface area (Å²) < 4.78 is 0.918. The van der Waals surface area contributed by atoms with Gasteiger partial charge in [-0.05, 0) is 59.6 Å². The van der Waals surface area contributed by atoms with Gasteiger partial charge in [0.25, 0.3) is 0 Å². The van der Waals surface area contributed by atoms with E-state index < -0.39 is 0 Å². The maximum atomic E-state index is 4.76. The normalized spacial score (nSPS) is 11.1. The zero-order valence-electron chi connectivity index (χ0n) is 13.3. The number of aryl methyl sites for hydroxylation is 2. The maximum Gasteiger partial charge on any atom is 0.102 e. The average molecular weight is 379 g/mol. The summed E-state index contributed by atoms with van der Waals surface area (Å²) in [6.45, 7) is 4.19. The molecule has 5 heteroatoms. The highest BCUT2D eigenvalue weighted by molar-refractivity contribution is 9.10. The van der Waals surface area contributed by atoms with E-state index in [1.165, 1.54) is 11.1 Å². The number of nitrogens with one attached hydrogen (secondary N) is 1. The van der Waals surface area contributed by atoms with Crippen molar-refractivity contribution in [1.29, 1.82) is 0 Å². The van der Waals surface area contributed by atoms with Crippen LogP contribution >= 0.6 is 15.9 Å². The number of hydrogen-bond acceptors (Lipinski definition) is 3. The summed E-state index contributed by atoms with van der Waals surface area (Å²) in [4.78, 5) is 9.14. The molecule has 1 N–H and O–H groups in total. The third-order valence-corrected chi connectivity index (χ3v) is 4.50. The number of fused-ring (bicyclic) bond motifs is 1. The van der Waals surface area contributed by atoms with Crippen LogP contribution in [0.4, 0.5) is 0 Å². The molecule has 24 heavy (non-hydrogen) atoms. The van der Waals surface area contributed by atoms with Crippen molar-refractivity contribution < 1.29 is 0 Å². The Morgan fingerprint density at radius 3 is 2.71 bits per heavy atom. The number of halogens is 1. The largest absolute Gasteiger partial charge is 0.284 e. The van der Waals surface area contributed by atoms with Gasteiger partial charge in [-0.3, -0.25) is 10.1 Å². The summed E-state index contributed by atoms with van der Waals surface area (Å²) in [7, 11) is 0. The van der Waals surface area contributed by atoms with Crippen LogP contribution in [0.5, 0.6) is 0 Å². The lowest BCUT2D eigenvalue weighted by Crippen LogP contribution is -1.91. The molecular formula is C19H15BrN4. The minimum Gasteiger partial charge on any atom is -0.284 e. The van der Waals surface area contributed by atoms with Crippen LogP contribution in [0.25, 0.3) is 33.5 Å². The lowest BCUT2D eigenvalue weighted by molar-refractivity contribution is 1.09. The molecule has 0 spiro atoms. The van der Waals surface area contributed by atoms with Gasteiger partial charge in [0.1, 0.15) is 5.69 Å². The van der Waals surface area contributed by atoms with E-state index in [4.69, 9.17) is 4.98 Å². The molecule has 118 valence electrons. The van der Waals surface area contributed by atoms with Crippen molar-refractivity contribution in [1.82, 2.24) is 20.2 Å². The Morgan fingerprint density at radius 1 is 0.958 bits per heavy atom. The summed E-state index contributed by atoms with van der Waals surface area (Å²) in [5, 5.41) is 7.46. The third kappa shape index (κ3) is 2.61. The van der Waals surface area contributed by atoms with Crippen molar-refractivity contribution in [3.05, 3.63) is 64.4 Å². The van der Waals surface area contributed by atoms with E-state index in [9.17, 15) is 0 Å². The number of benzene rings is 1. The molecule has 1 aromatic carbocycles. The van der Waals surface area contributed by atoms with Gasteiger partial charge >= 0.3 is 0 Å². The smallest absolute Gasteiger partial charge is 0.102 e. The molecule has 0 radical (unpaired) electrons. The minimum absolute atomic E-state index is 0.856. The Kier molecular flexibility index (Phi) is 3.65. The fraction of sp³-hybridized carbons (Fsp3) is 0.105. The quantitative estimate of drug-likeness (QED) is 0.529. The summed E-state index contributed by atoms with van der Waals surface area (Å²) in [6, 6.07) is 12.4. The van der Waals surface area contributed by atoms with Crippen LogP contribution in [-0.2, 0) is 0 Å². The first-order chi connectivity index (χ1) is 11.6. The zero-order valence-corrected chi connectivity index (χ0v) is 14.9. The topological polar surface area (TPSA) is 54.5 Å². The molecule has 4 nitrogen and oxygen atoms in total. The highest BCUT2D eigenvalue weighted by Gasteiger charge is 2.14. The molecule has 0 amide bonds. The number of rotatable bonds is 2.